The van der Waals surface area contributed by atoms with Crippen LogP contribution < -0.4 is 4.90 Å². The summed E-state index contributed by atoms with van der Waals surface area (Å²) in [5, 5.41) is 5.06. The van der Waals surface area contributed by atoms with Crippen molar-refractivity contribution in [2.45, 2.75) is 0 Å². The maximum Gasteiger partial charge on any atom is 0.0462 e. The highest BCUT2D eigenvalue weighted by molar-refractivity contribution is 5.98. The minimum absolute atomic E-state index is 1.11. The average molecular weight is 650 g/mol. The second kappa shape index (κ2) is 13.3. The second-order valence-electron chi connectivity index (χ2n) is 13.0. The molecule has 0 saturated heterocycles. The summed E-state index contributed by atoms with van der Waals surface area (Å²) in [6.45, 7) is 0. The predicted molar refractivity (Wildman–Crippen MR) is 218 cm³/mol. The molecule has 0 fully saturated rings. The van der Waals surface area contributed by atoms with E-state index in [9.17, 15) is 0 Å². The summed E-state index contributed by atoms with van der Waals surface area (Å²) in [5.41, 5.74) is 13.1. The van der Waals surface area contributed by atoms with Crippen molar-refractivity contribution in [3.8, 4) is 44.5 Å². The van der Waals surface area contributed by atoms with Crippen LogP contribution in [-0.2, 0) is 0 Å². The Bertz CT molecular complexity index is 2570. The SMILES string of the molecule is c1ccc(-c2ccc(N(c3ccc(-c4ccc(-c5cccc6ccccc56)cc4)cc3)c3ccc(-c4cccc5ccccc45)cc3)cc2)cc1. The van der Waals surface area contributed by atoms with Crippen LogP contribution in [0.2, 0.25) is 0 Å². The first kappa shape index (κ1) is 30.4. The summed E-state index contributed by atoms with van der Waals surface area (Å²) < 4.78 is 0. The van der Waals surface area contributed by atoms with Crippen molar-refractivity contribution in [1.29, 1.82) is 0 Å². The zero-order valence-corrected chi connectivity index (χ0v) is 28.2. The van der Waals surface area contributed by atoms with E-state index in [1.54, 1.807) is 0 Å². The smallest absolute Gasteiger partial charge is 0.0462 e. The van der Waals surface area contributed by atoms with Gasteiger partial charge in [0.15, 0.2) is 0 Å². The van der Waals surface area contributed by atoms with Crippen LogP contribution in [-0.4, -0.2) is 0 Å². The molecule has 0 N–H and O–H groups in total. The van der Waals surface area contributed by atoms with E-state index in [1.807, 2.05) is 0 Å². The van der Waals surface area contributed by atoms with Crippen LogP contribution in [0.15, 0.2) is 212 Å². The molecular formula is C50H35N. The number of benzene rings is 9. The number of hydrogen-bond donors (Lipinski definition) is 0. The molecule has 0 aliphatic carbocycles. The summed E-state index contributed by atoms with van der Waals surface area (Å²) >= 11 is 0. The molecule has 240 valence electrons. The maximum atomic E-state index is 2.34. The number of rotatable bonds is 7. The molecule has 9 rings (SSSR count). The Morgan fingerprint density at radius 2 is 0.529 bits per heavy atom. The van der Waals surface area contributed by atoms with E-state index >= 15 is 0 Å². The van der Waals surface area contributed by atoms with Crippen LogP contribution in [0, 0.1) is 0 Å². The number of nitrogens with zero attached hydrogens (tertiary/aromatic N) is 1. The topological polar surface area (TPSA) is 3.24 Å². The first-order chi connectivity index (χ1) is 25.3. The van der Waals surface area contributed by atoms with Crippen molar-refractivity contribution in [3.05, 3.63) is 212 Å². The Balaban J connectivity index is 1.06. The Labute approximate surface area is 299 Å². The van der Waals surface area contributed by atoms with Crippen molar-refractivity contribution in [3.63, 3.8) is 0 Å². The molecule has 0 radical (unpaired) electrons. The monoisotopic (exact) mass is 649 g/mol. The standard InChI is InChI=1S/C50H35N/c1-2-10-36(11-3-1)38-24-30-44(31-25-38)51(46-34-28-43(29-35-46)50-19-9-15-41-13-5-7-17-48(41)50)45-32-26-39(27-33-45)37-20-22-42(23-21-37)49-18-8-14-40-12-4-6-16-47(40)49/h1-35H. The summed E-state index contributed by atoms with van der Waals surface area (Å²) in [7, 11) is 0. The van der Waals surface area contributed by atoms with E-state index < -0.39 is 0 Å². The minimum atomic E-state index is 1.11. The molecule has 0 heterocycles. The zero-order valence-electron chi connectivity index (χ0n) is 28.2. The third-order valence-corrected chi connectivity index (χ3v) is 9.90. The molecule has 1 heteroatoms. The predicted octanol–water partition coefficient (Wildman–Crippen LogP) is 14.1. The average Bonchev–Trinajstić information content (AvgIpc) is 3.22. The lowest BCUT2D eigenvalue weighted by molar-refractivity contribution is 1.28. The van der Waals surface area contributed by atoms with Gasteiger partial charge in [-0.3, -0.25) is 0 Å². The van der Waals surface area contributed by atoms with Gasteiger partial charge in [0.2, 0.25) is 0 Å². The van der Waals surface area contributed by atoms with E-state index in [2.05, 4.69) is 217 Å². The molecule has 51 heavy (non-hydrogen) atoms. The van der Waals surface area contributed by atoms with E-state index in [4.69, 9.17) is 0 Å². The highest BCUT2D eigenvalue weighted by Gasteiger charge is 2.14. The fourth-order valence-electron chi connectivity index (χ4n) is 7.27. The third kappa shape index (κ3) is 5.96. The highest BCUT2D eigenvalue weighted by atomic mass is 15.1. The van der Waals surface area contributed by atoms with Gasteiger partial charge in [0, 0.05) is 17.1 Å². The first-order valence-electron chi connectivity index (χ1n) is 17.5. The molecule has 0 aliphatic rings. The molecule has 9 aromatic carbocycles. The Kier molecular flexibility index (Phi) is 7.92. The van der Waals surface area contributed by atoms with Gasteiger partial charge >= 0.3 is 0 Å². The molecule has 0 unspecified atom stereocenters. The lowest BCUT2D eigenvalue weighted by Gasteiger charge is -2.26. The van der Waals surface area contributed by atoms with Gasteiger partial charge in [-0.1, -0.05) is 176 Å². The molecular weight excluding hydrogens is 615 g/mol. The molecule has 0 saturated carbocycles. The number of anilines is 3. The van der Waals surface area contributed by atoms with Crippen LogP contribution >= 0.6 is 0 Å². The Morgan fingerprint density at radius 1 is 0.216 bits per heavy atom. The van der Waals surface area contributed by atoms with Crippen LogP contribution in [0.3, 0.4) is 0 Å². The molecule has 0 spiro atoms. The van der Waals surface area contributed by atoms with Gasteiger partial charge in [-0.2, -0.15) is 0 Å². The number of hydrogen-bond acceptors (Lipinski definition) is 1. The van der Waals surface area contributed by atoms with Gasteiger partial charge in [0.25, 0.3) is 0 Å². The molecule has 0 aliphatic heterocycles. The third-order valence-electron chi connectivity index (χ3n) is 9.90. The Hall–Kier alpha value is -6.70. The fourth-order valence-corrected chi connectivity index (χ4v) is 7.27. The summed E-state index contributed by atoms with van der Waals surface area (Å²) in [5.74, 6) is 0. The lowest BCUT2D eigenvalue weighted by Crippen LogP contribution is -2.09. The van der Waals surface area contributed by atoms with E-state index in [1.165, 1.54) is 66.1 Å². The quantitative estimate of drug-likeness (QED) is 0.166. The van der Waals surface area contributed by atoms with Gasteiger partial charge in [-0.25, -0.2) is 0 Å². The van der Waals surface area contributed by atoms with Gasteiger partial charge in [-0.05, 0) is 102 Å². The maximum absolute atomic E-state index is 2.34. The lowest BCUT2D eigenvalue weighted by atomic mass is 9.96. The number of fused-ring (bicyclic) bond motifs is 2. The molecule has 0 aromatic heterocycles. The molecule has 9 aromatic rings. The minimum Gasteiger partial charge on any atom is -0.311 e. The largest absolute Gasteiger partial charge is 0.311 e. The molecule has 1 nitrogen and oxygen atoms in total. The van der Waals surface area contributed by atoms with Crippen molar-refractivity contribution in [2.24, 2.45) is 0 Å². The first-order valence-corrected chi connectivity index (χ1v) is 17.5. The van der Waals surface area contributed by atoms with Gasteiger partial charge in [0.05, 0.1) is 0 Å². The van der Waals surface area contributed by atoms with E-state index in [0.29, 0.717) is 0 Å². The fraction of sp³-hybridized carbons (Fsp3) is 0. The summed E-state index contributed by atoms with van der Waals surface area (Å²) in [6, 6.07) is 76.5. The van der Waals surface area contributed by atoms with E-state index in [-0.39, 0.29) is 0 Å². The van der Waals surface area contributed by atoms with Crippen LogP contribution in [0.1, 0.15) is 0 Å². The molecule has 0 bridgehead atoms. The van der Waals surface area contributed by atoms with Gasteiger partial charge in [-0.15, -0.1) is 0 Å². The van der Waals surface area contributed by atoms with Crippen molar-refractivity contribution in [2.75, 3.05) is 4.90 Å². The highest BCUT2D eigenvalue weighted by Crippen LogP contribution is 2.39. The molecule has 0 amide bonds. The zero-order chi connectivity index (χ0) is 34.0. The van der Waals surface area contributed by atoms with Gasteiger partial charge < -0.3 is 4.90 Å². The van der Waals surface area contributed by atoms with Crippen LogP contribution in [0.5, 0.6) is 0 Å². The second-order valence-corrected chi connectivity index (χ2v) is 13.0. The summed E-state index contributed by atoms with van der Waals surface area (Å²) in [6.07, 6.45) is 0. The van der Waals surface area contributed by atoms with Crippen LogP contribution in [0.4, 0.5) is 17.1 Å². The summed E-state index contributed by atoms with van der Waals surface area (Å²) in [4.78, 5) is 2.34. The van der Waals surface area contributed by atoms with E-state index in [0.717, 1.165) is 17.1 Å². The van der Waals surface area contributed by atoms with Crippen LogP contribution in [0.25, 0.3) is 66.1 Å². The van der Waals surface area contributed by atoms with Crippen molar-refractivity contribution in [1.82, 2.24) is 0 Å². The van der Waals surface area contributed by atoms with Crippen molar-refractivity contribution >= 4 is 38.6 Å². The van der Waals surface area contributed by atoms with Crippen molar-refractivity contribution < 1.29 is 0 Å². The Morgan fingerprint density at radius 3 is 0.980 bits per heavy atom. The van der Waals surface area contributed by atoms with Gasteiger partial charge in [0.1, 0.15) is 0 Å². The molecule has 0 atom stereocenters. The normalized spacial score (nSPS) is 11.1.